The molecule has 0 aromatic carbocycles. The van der Waals surface area contributed by atoms with Gasteiger partial charge in [0, 0.05) is 6.42 Å². The average molecular weight is 231 g/mol. The van der Waals surface area contributed by atoms with Gasteiger partial charge in [-0.1, -0.05) is 39.3 Å². The summed E-state index contributed by atoms with van der Waals surface area (Å²) in [6.45, 7) is 8.51. The van der Waals surface area contributed by atoms with Gasteiger partial charge in [0.2, 0.25) is 5.89 Å². The second-order valence-corrected chi connectivity index (χ2v) is 5.57. The molecule has 15 heavy (non-hydrogen) atoms. The third-order valence-electron chi connectivity index (χ3n) is 1.99. The van der Waals surface area contributed by atoms with Crippen LogP contribution in [0.3, 0.4) is 0 Å². The van der Waals surface area contributed by atoms with Crippen molar-refractivity contribution in [1.29, 1.82) is 0 Å². The lowest BCUT2D eigenvalue weighted by Crippen LogP contribution is -2.09. The first-order chi connectivity index (χ1) is 6.92. The third-order valence-corrected chi connectivity index (χ3v) is 2.40. The van der Waals surface area contributed by atoms with E-state index in [1.54, 1.807) is 0 Å². The van der Waals surface area contributed by atoms with Gasteiger partial charge in [-0.05, 0) is 11.8 Å². The predicted octanol–water partition coefficient (Wildman–Crippen LogP) is 3.74. The molecule has 1 rings (SSSR count). The van der Waals surface area contributed by atoms with Crippen LogP contribution in [0.15, 0.2) is 4.52 Å². The minimum Gasteiger partial charge on any atom is -0.339 e. The maximum absolute atomic E-state index is 6.11. The van der Waals surface area contributed by atoms with Crippen LogP contribution in [0.4, 0.5) is 0 Å². The van der Waals surface area contributed by atoms with Crippen LogP contribution in [-0.4, -0.2) is 10.1 Å². The van der Waals surface area contributed by atoms with Crippen molar-refractivity contribution in [3.05, 3.63) is 11.7 Å². The van der Waals surface area contributed by atoms with Gasteiger partial charge in [-0.2, -0.15) is 4.98 Å². The Labute approximate surface area is 96.2 Å². The normalized spacial score (nSPS) is 14.2. The van der Waals surface area contributed by atoms with E-state index in [9.17, 15) is 0 Å². The van der Waals surface area contributed by atoms with Crippen LogP contribution in [-0.2, 0) is 6.42 Å². The van der Waals surface area contributed by atoms with Crippen molar-refractivity contribution < 1.29 is 4.52 Å². The molecule has 86 valence electrons. The van der Waals surface area contributed by atoms with E-state index in [1.807, 2.05) is 0 Å². The number of hydrogen-bond donors (Lipinski definition) is 0. The number of halogens is 1. The topological polar surface area (TPSA) is 38.9 Å². The van der Waals surface area contributed by atoms with E-state index >= 15 is 0 Å². The molecule has 1 aromatic rings. The molecular formula is C11H19ClN2O. The molecule has 0 fully saturated rings. The van der Waals surface area contributed by atoms with E-state index in [-0.39, 0.29) is 10.8 Å². The summed E-state index contributed by atoms with van der Waals surface area (Å²) in [6.07, 6.45) is 2.70. The van der Waals surface area contributed by atoms with Gasteiger partial charge >= 0.3 is 0 Å². The smallest absolute Gasteiger partial charge is 0.227 e. The first-order valence-corrected chi connectivity index (χ1v) is 5.82. The van der Waals surface area contributed by atoms with Crippen LogP contribution >= 0.6 is 11.6 Å². The second-order valence-electron chi connectivity index (χ2n) is 5.04. The van der Waals surface area contributed by atoms with E-state index in [1.165, 1.54) is 0 Å². The molecule has 3 nitrogen and oxygen atoms in total. The fraction of sp³-hybridized carbons (Fsp3) is 0.818. The lowest BCUT2D eigenvalue weighted by molar-refractivity contribution is 0.312. The molecule has 0 N–H and O–H groups in total. The third kappa shape index (κ3) is 4.20. The molecule has 1 aromatic heterocycles. The summed E-state index contributed by atoms with van der Waals surface area (Å²) in [5.74, 6) is 1.30. The van der Waals surface area contributed by atoms with Gasteiger partial charge in [0.25, 0.3) is 0 Å². The SMILES string of the molecule is CCCC(Cl)c1noc(CC(C)(C)C)n1. The molecule has 4 heteroatoms. The van der Waals surface area contributed by atoms with Crippen LogP contribution in [0.1, 0.15) is 57.6 Å². The second kappa shape index (κ2) is 4.97. The van der Waals surface area contributed by atoms with Crippen molar-refractivity contribution in [3.8, 4) is 0 Å². The van der Waals surface area contributed by atoms with Crippen LogP contribution in [0.25, 0.3) is 0 Å². The Hall–Kier alpha value is -0.570. The molecule has 0 aliphatic rings. The molecule has 1 unspecified atom stereocenters. The zero-order chi connectivity index (χ0) is 11.5. The largest absolute Gasteiger partial charge is 0.339 e. The standard InChI is InChI=1S/C11H19ClN2O/c1-5-6-8(12)10-13-9(15-14-10)7-11(2,3)4/h8H,5-7H2,1-4H3. The lowest BCUT2D eigenvalue weighted by Gasteiger charge is -2.13. The molecule has 0 spiro atoms. The number of nitrogens with zero attached hydrogens (tertiary/aromatic N) is 2. The Morgan fingerprint density at radius 3 is 2.60 bits per heavy atom. The Morgan fingerprint density at radius 1 is 1.40 bits per heavy atom. The van der Waals surface area contributed by atoms with Gasteiger partial charge < -0.3 is 4.52 Å². The van der Waals surface area contributed by atoms with Gasteiger partial charge in [-0.25, -0.2) is 0 Å². The monoisotopic (exact) mass is 230 g/mol. The maximum atomic E-state index is 6.11. The zero-order valence-corrected chi connectivity index (χ0v) is 10.6. The van der Waals surface area contributed by atoms with E-state index in [4.69, 9.17) is 16.1 Å². The fourth-order valence-electron chi connectivity index (χ4n) is 1.30. The summed E-state index contributed by atoms with van der Waals surface area (Å²) in [5, 5.41) is 3.78. The number of alkyl halides is 1. The van der Waals surface area contributed by atoms with Crippen molar-refractivity contribution in [1.82, 2.24) is 10.1 Å². The van der Waals surface area contributed by atoms with E-state index in [0.29, 0.717) is 11.7 Å². The summed E-state index contributed by atoms with van der Waals surface area (Å²) < 4.78 is 5.16. The van der Waals surface area contributed by atoms with Gasteiger partial charge in [0.05, 0.1) is 5.38 Å². The molecule has 0 radical (unpaired) electrons. The molecular weight excluding hydrogens is 212 g/mol. The van der Waals surface area contributed by atoms with Gasteiger partial charge in [-0.15, -0.1) is 11.6 Å². The predicted molar refractivity (Wildman–Crippen MR) is 61.0 cm³/mol. The molecule has 0 aliphatic heterocycles. The summed E-state index contributed by atoms with van der Waals surface area (Å²) in [6, 6.07) is 0. The lowest BCUT2D eigenvalue weighted by atomic mass is 9.92. The van der Waals surface area contributed by atoms with Crippen molar-refractivity contribution in [3.63, 3.8) is 0 Å². The summed E-state index contributed by atoms with van der Waals surface area (Å²) in [5.41, 5.74) is 0.163. The molecule has 0 bridgehead atoms. The summed E-state index contributed by atoms with van der Waals surface area (Å²) in [4.78, 5) is 4.30. The summed E-state index contributed by atoms with van der Waals surface area (Å²) >= 11 is 6.11. The quantitative estimate of drug-likeness (QED) is 0.740. The Bertz CT molecular complexity index is 304. The number of rotatable bonds is 4. The fourth-order valence-corrected chi connectivity index (χ4v) is 1.61. The highest BCUT2D eigenvalue weighted by molar-refractivity contribution is 6.20. The van der Waals surface area contributed by atoms with Gasteiger partial charge in [-0.3, -0.25) is 0 Å². The first-order valence-electron chi connectivity index (χ1n) is 5.39. The van der Waals surface area contributed by atoms with Crippen molar-refractivity contribution in [2.45, 2.75) is 52.3 Å². The van der Waals surface area contributed by atoms with Crippen molar-refractivity contribution in [2.75, 3.05) is 0 Å². The highest BCUT2D eigenvalue weighted by Crippen LogP contribution is 2.25. The Morgan fingerprint density at radius 2 is 2.07 bits per heavy atom. The minimum atomic E-state index is -0.118. The average Bonchev–Trinajstić information content (AvgIpc) is 2.50. The van der Waals surface area contributed by atoms with Gasteiger partial charge in [0.15, 0.2) is 5.82 Å². The Kier molecular flexibility index (Phi) is 4.14. The maximum Gasteiger partial charge on any atom is 0.227 e. The highest BCUT2D eigenvalue weighted by atomic mass is 35.5. The van der Waals surface area contributed by atoms with Crippen LogP contribution in [0.5, 0.6) is 0 Å². The molecule has 0 amide bonds. The minimum absolute atomic E-state index is 0.118. The van der Waals surface area contributed by atoms with E-state index in [2.05, 4.69) is 37.8 Å². The van der Waals surface area contributed by atoms with Crippen LogP contribution in [0, 0.1) is 5.41 Å². The first kappa shape index (κ1) is 12.5. The van der Waals surface area contributed by atoms with Crippen molar-refractivity contribution >= 4 is 11.6 Å². The van der Waals surface area contributed by atoms with Gasteiger partial charge in [0.1, 0.15) is 0 Å². The Balaban J connectivity index is 2.64. The number of hydrogen-bond acceptors (Lipinski definition) is 3. The molecule has 1 atom stereocenters. The highest BCUT2D eigenvalue weighted by Gasteiger charge is 2.19. The summed E-state index contributed by atoms with van der Waals surface area (Å²) in [7, 11) is 0. The molecule has 0 aliphatic carbocycles. The van der Waals surface area contributed by atoms with Crippen molar-refractivity contribution in [2.24, 2.45) is 5.41 Å². The van der Waals surface area contributed by atoms with Crippen LogP contribution in [0.2, 0.25) is 0 Å². The van der Waals surface area contributed by atoms with E-state index in [0.717, 1.165) is 19.3 Å². The van der Waals surface area contributed by atoms with Crippen LogP contribution < -0.4 is 0 Å². The molecule has 0 saturated carbocycles. The van der Waals surface area contributed by atoms with E-state index < -0.39 is 0 Å². The molecule has 1 heterocycles. The number of aromatic nitrogens is 2. The molecule has 0 saturated heterocycles. The zero-order valence-electron chi connectivity index (χ0n) is 9.88.